The molecule has 190 valence electrons. The van der Waals surface area contributed by atoms with Crippen LogP contribution in [0.4, 0.5) is 5.82 Å². The van der Waals surface area contributed by atoms with Crippen molar-refractivity contribution >= 4 is 30.7 Å². The van der Waals surface area contributed by atoms with Crippen LogP contribution in [0.5, 0.6) is 0 Å². The summed E-state index contributed by atoms with van der Waals surface area (Å²) >= 11 is 0. The van der Waals surface area contributed by atoms with Crippen LogP contribution in [0, 0.1) is 5.92 Å². The van der Waals surface area contributed by atoms with Crippen molar-refractivity contribution in [1.29, 1.82) is 0 Å². The number of carbonyl (C=O) groups excluding carboxylic acids is 1. The average molecular weight is 513 g/mol. The van der Waals surface area contributed by atoms with E-state index in [1.165, 1.54) is 6.33 Å². The number of hydrogen-bond donors (Lipinski definition) is 2. The highest BCUT2D eigenvalue weighted by Crippen LogP contribution is 2.42. The van der Waals surface area contributed by atoms with Gasteiger partial charge in [-0.05, 0) is 24.8 Å². The Balaban J connectivity index is 1.12. The van der Waals surface area contributed by atoms with Crippen LogP contribution in [-0.2, 0) is 29.9 Å². The summed E-state index contributed by atoms with van der Waals surface area (Å²) in [6, 6.07) is 8.91. The van der Waals surface area contributed by atoms with Crippen molar-refractivity contribution in [2.75, 3.05) is 18.9 Å². The Morgan fingerprint density at radius 2 is 2.00 bits per heavy atom. The van der Waals surface area contributed by atoms with Crippen molar-refractivity contribution < 1.29 is 23.2 Å². The first kappa shape index (κ1) is 24.5. The number of nitrogens with zero attached hydrogens (tertiary/aromatic N) is 5. The minimum Gasteiger partial charge on any atom is -0.382 e. The van der Waals surface area contributed by atoms with E-state index in [2.05, 4.69) is 15.0 Å². The second-order valence-electron chi connectivity index (χ2n) is 8.83. The van der Waals surface area contributed by atoms with Crippen LogP contribution in [0.25, 0.3) is 11.2 Å². The topological polar surface area (TPSA) is 161 Å². The Kier molecular flexibility index (Phi) is 7.13. The molecule has 1 saturated heterocycles. The number of nitrogen functional groups attached to an aromatic ring is 1. The molecule has 0 saturated carbocycles. The highest BCUT2D eigenvalue weighted by atomic mass is 31.2. The van der Waals surface area contributed by atoms with Gasteiger partial charge in [0.05, 0.1) is 25.6 Å². The molecule has 3 aromatic rings. The van der Waals surface area contributed by atoms with E-state index in [1.54, 1.807) is 11.4 Å². The van der Waals surface area contributed by atoms with Crippen LogP contribution in [0.3, 0.4) is 0 Å². The number of hydrogen-bond acceptors (Lipinski definition) is 10. The quantitative estimate of drug-likeness (QED) is 0.320. The molecule has 2 aliphatic rings. The molecule has 4 N–H and O–H groups in total. The summed E-state index contributed by atoms with van der Waals surface area (Å²) in [7, 11) is -4.10. The maximum atomic E-state index is 12.7. The van der Waals surface area contributed by atoms with Crippen LogP contribution >= 0.6 is 7.75 Å². The fourth-order valence-corrected chi connectivity index (χ4v) is 5.29. The number of imidazole rings is 1. The molecule has 12 nitrogen and oxygen atoms in total. The van der Waals surface area contributed by atoms with E-state index >= 15 is 0 Å². The third-order valence-electron chi connectivity index (χ3n) is 6.30. The minimum atomic E-state index is -4.10. The molecule has 5 rings (SSSR count). The van der Waals surface area contributed by atoms with Gasteiger partial charge in [0.15, 0.2) is 11.5 Å². The summed E-state index contributed by atoms with van der Waals surface area (Å²) in [5.74, 6) is -0.481. The molecule has 3 heterocycles. The maximum absolute atomic E-state index is 12.7. The van der Waals surface area contributed by atoms with Gasteiger partial charge in [0.1, 0.15) is 17.9 Å². The van der Waals surface area contributed by atoms with Crippen LogP contribution in [-0.4, -0.2) is 49.7 Å². The molecule has 2 aromatic heterocycles. The van der Waals surface area contributed by atoms with E-state index in [0.717, 1.165) is 12.0 Å². The number of fused-ring (bicyclic) bond motifs is 1. The van der Waals surface area contributed by atoms with Gasteiger partial charge in [-0.15, -0.1) is 0 Å². The van der Waals surface area contributed by atoms with Gasteiger partial charge in [0.25, 0.3) is 0 Å². The van der Waals surface area contributed by atoms with Gasteiger partial charge in [0, 0.05) is 12.5 Å². The van der Waals surface area contributed by atoms with Crippen molar-refractivity contribution in [2.24, 2.45) is 11.4 Å². The molecule has 13 heteroatoms. The fraction of sp³-hybridized carbons (Fsp3) is 0.391. The normalized spacial score (nSPS) is 23.8. The lowest BCUT2D eigenvalue weighted by molar-refractivity contribution is -0.191. The van der Waals surface area contributed by atoms with E-state index in [0.29, 0.717) is 43.0 Å². The second kappa shape index (κ2) is 10.5. The number of rotatable bonds is 9. The minimum absolute atomic E-state index is 0.0357. The monoisotopic (exact) mass is 513 g/mol. The Labute approximate surface area is 207 Å². The van der Waals surface area contributed by atoms with Gasteiger partial charge in [-0.2, -0.15) is 5.06 Å². The summed E-state index contributed by atoms with van der Waals surface area (Å²) in [6.45, 7) is 0.925. The lowest BCUT2D eigenvalue weighted by atomic mass is 10.1. The van der Waals surface area contributed by atoms with Crippen molar-refractivity contribution in [3.05, 3.63) is 60.7 Å². The molecule has 0 radical (unpaired) electrons. The number of hydroxylamine groups is 2. The third kappa shape index (κ3) is 5.48. The van der Waals surface area contributed by atoms with Gasteiger partial charge in [-0.3, -0.25) is 9.36 Å². The first-order valence-electron chi connectivity index (χ1n) is 11.7. The molecular weight excluding hydrogens is 485 g/mol. The summed E-state index contributed by atoms with van der Waals surface area (Å²) < 4.78 is 25.1. The first-order chi connectivity index (χ1) is 17.4. The predicted octanol–water partition coefficient (Wildman–Crippen LogP) is 2.75. The number of allylic oxidation sites excluding steroid dienone is 1. The van der Waals surface area contributed by atoms with Crippen molar-refractivity contribution in [3.63, 3.8) is 0 Å². The van der Waals surface area contributed by atoms with Gasteiger partial charge in [0.2, 0.25) is 0 Å². The first-order valence-corrected chi connectivity index (χ1v) is 13.3. The van der Waals surface area contributed by atoms with Crippen molar-refractivity contribution in [3.8, 4) is 0 Å². The smallest absolute Gasteiger partial charge is 0.382 e. The van der Waals surface area contributed by atoms with E-state index in [4.69, 9.17) is 25.1 Å². The zero-order valence-corrected chi connectivity index (χ0v) is 20.4. The van der Waals surface area contributed by atoms with Gasteiger partial charge in [-0.1, -0.05) is 42.5 Å². The zero-order valence-electron chi connectivity index (χ0n) is 19.6. The Morgan fingerprint density at radius 1 is 1.17 bits per heavy atom. The summed E-state index contributed by atoms with van der Waals surface area (Å²) in [5.41, 5.74) is 13.8. The lowest BCUT2D eigenvalue weighted by Crippen LogP contribution is -2.37. The molecular formula is C23H28N7O5P. The van der Waals surface area contributed by atoms with Crippen LogP contribution in [0.15, 0.2) is 55.1 Å². The Morgan fingerprint density at radius 3 is 2.83 bits per heavy atom. The molecule has 36 heavy (non-hydrogen) atoms. The van der Waals surface area contributed by atoms with Gasteiger partial charge >= 0.3 is 13.7 Å². The highest BCUT2D eigenvalue weighted by Gasteiger charge is 2.37. The summed E-state index contributed by atoms with van der Waals surface area (Å²) in [4.78, 5) is 31.0. The Hall–Kier alpha value is -3.15. The maximum Gasteiger partial charge on any atom is 0.458 e. The van der Waals surface area contributed by atoms with E-state index in [9.17, 15) is 9.36 Å². The van der Waals surface area contributed by atoms with Crippen LogP contribution in [0.2, 0.25) is 0 Å². The number of benzene rings is 1. The molecule has 0 bridgehead atoms. The van der Waals surface area contributed by atoms with Crippen molar-refractivity contribution in [2.45, 2.75) is 38.0 Å². The standard InChI is InChI=1S/C23H28N7O5P/c24-21-20-22(27-14-26-21)29(15-28-20)18-9-8-17(11-18)13-34-36(25,32)35-23(31)19-7-4-10-30(19)33-12-16-5-2-1-3-6-16/h1-3,5-6,8-9,14-15,17-19H,4,7,10-13H2,(H2,25,32)(H2,24,26,27)/t17-,18+,19-,36?/m0/s1. The molecule has 1 aliphatic heterocycles. The highest BCUT2D eigenvalue weighted by molar-refractivity contribution is 7.51. The van der Waals surface area contributed by atoms with Gasteiger partial charge < -0.3 is 14.8 Å². The SMILES string of the molecule is Nc1ncnc2c1ncn2[C@@H]1C=C[C@H](COP(N)(=O)OC(=O)[C@@H]2CCCN2OCc2ccccc2)C1. The summed E-state index contributed by atoms with van der Waals surface area (Å²) in [5, 5.41) is 1.56. The van der Waals surface area contributed by atoms with E-state index in [-0.39, 0.29) is 18.6 Å². The van der Waals surface area contributed by atoms with E-state index in [1.807, 2.05) is 47.1 Å². The number of carbonyl (C=O) groups is 1. The molecule has 1 aromatic carbocycles. The summed E-state index contributed by atoms with van der Waals surface area (Å²) in [6.07, 6.45) is 8.90. The van der Waals surface area contributed by atoms with Crippen LogP contribution < -0.4 is 11.2 Å². The van der Waals surface area contributed by atoms with Crippen molar-refractivity contribution in [1.82, 2.24) is 24.6 Å². The molecule has 0 spiro atoms. The molecule has 0 amide bonds. The van der Waals surface area contributed by atoms with E-state index < -0.39 is 19.8 Å². The molecule has 4 atom stereocenters. The fourth-order valence-electron chi connectivity index (χ4n) is 4.47. The Bertz CT molecular complexity index is 1300. The lowest BCUT2D eigenvalue weighted by Gasteiger charge is -2.24. The van der Waals surface area contributed by atoms with Gasteiger partial charge in [-0.25, -0.2) is 29.8 Å². The molecule has 1 aliphatic carbocycles. The molecule has 1 fully saturated rings. The number of anilines is 1. The molecule has 1 unspecified atom stereocenters. The van der Waals surface area contributed by atoms with Crippen LogP contribution in [0.1, 0.15) is 30.9 Å². The zero-order chi connectivity index (χ0) is 25.1. The largest absolute Gasteiger partial charge is 0.458 e. The average Bonchev–Trinajstić information content (AvgIpc) is 3.61. The number of aromatic nitrogens is 4. The number of nitrogens with two attached hydrogens (primary N) is 2. The predicted molar refractivity (Wildman–Crippen MR) is 131 cm³/mol. The second-order valence-corrected chi connectivity index (χ2v) is 10.4. The third-order valence-corrected chi connectivity index (χ3v) is 7.24.